The molecule has 26 heavy (non-hydrogen) atoms. The fourth-order valence-electron chi connectivity index (χ4n) is 2.80. The molecule has 0 aliphatic carbocycles. The van der Waals surface area contributed by atoms with Crippen molar-refractivity contribution in [1.29, 1.82) is 0 Å². The summed E-state index contributed by atoms with van der Waals surface area (Å²) in [5.41, 5.74) is 5.93. The molecular weight excluding hydrogens is 401 g/mol. The van der Waals surface area contributed by atoms with Crippen LogP contribution in [0.1, 0.15) is 19.3 Å². The molecule has 2 rings (SSSR count). The fraction of sp³-hybridized carbons (Fsp3) is 0.562. The van der Waals surface area contributed by atoms with E-state index in [1.165, 1.54) is 18.2 Å². The van der Waals surface area contributed by atoms with Crippen LogP contribution in [0.3, 0.4) is 0 Å². The third-order valence-corrected chi connectivity index (χ3v) is 6.27. The summed E-state index contributed by atoms with van der Waals surface area (Å²) >= 11 is 1.63. The first kappa shape index (κ1) is 23.2. The zero-order valence-corrected chi connectivity index (χ0v) is 17.0. The molecular formula is C16H25ClFN3O3S2. The zero-order valence-electron chi connectivity index (χ0n) is 14.6. The monoisotopic (exact) mass is 425 g/mol. The van der Waals surface area contributed by atoms with E-state index in [4.69, 9.17) is 5.73 Å². The molecule has 148 valence electrons. The normalized spacial score (nSPS) is 18.9. The van der Waals surface area contributed by atoms with Crippen LogP contribution < -0.4 is 10.5 Å². The lowest BCUT2D eigenvalue weighted by molar-refractivity contribution is -0.133. The maximum atomic E-state index is 13.3. The summed E-state index contributed by atoms with van der Waals surface area (Å²) in [5.74, 6) is 0.0444. The number of benzene rings is 1. The second kappa shape index (κ2) is 10.5. The lowest BCUT2D eigenvalue weighted by Crippen LogP contribution is -2.53. The first-order chi connectivity index (χ1) is 11.8. The van der Waals surface area contributed by atoms with Crippen LogP contribution in [-0.4, -0.2) is 56.4 Å². The van der Waals surface area contributed by atoms with Gasteiger partial charge in [0.2, 0.25) is 15.9 Å². The van der Waals surface area contributed by atoms with Crippen molar-refractivity contribution in [3.05, 3.63) is 30.1 Å². The highest BCUT2D eigenvalue weighted by atomic mass is 35.5. The summed E-state index contributed by atoms with van der Waals surface area (Å²) in [5, 5.41) is 0. The fourth-order valence-corrected chi connectivity index (χ4v) is 4.58. The van der Waals surface area contributed by atoms with Gasteiger partial charge in [0.05, 0.1) is 10.9 Å². The molecule has 1 saturated heterocycles. The van der Waals surface area contributed by atoms with Crippen LogP contribution in [0.25, 0.3) is 0 Å². The number of thioether (sulfide) groups is 1. The zero-order chi connectivity index (χ0) is 18.4. The van der Waals surface area contributed by atoms with E-state index in [0.717, 1.165) is 11.8 Å². The van der Waals surface area contributed by atoms with Crippen LogP contribution in [0.5, 0.6) is 0 Å². The third kappa shape index (κ3) is 6.38. The summed E-state index contributed by atoms with van der Waals surface area (Å²) in [4.78, 5) is 13.9. The number of sulfonamides is 1. The number of nitrogens with two attached hydrogens (primary N) is 1. The molecule has 1 aliphatic heterocycles. The number of amides is 1. The van der Waals surface area contributed by atoms with Gasteiger partial charge in [-0.25, -0.2) is 17.5 Å². The first-order valence-corrected chi connectivity index (χ1v) is 11.0. The topological polar surface area (TPSA) is 92.5 Å². The number of carbonyl (C=O) groups is 1. The van der Waals surface area contributed by atoms with Gasteiger partial charge in [-0.2, -0.15) is 11.8 Å². The molecule has 1 aliphatic rings. The highest BCUT2D eigenvalue weighted by Gasteiger charge is 2.29. The van der Waals surface area contributed by atoms with Gasteiger partial charge in [-0.1, -0.05) is 6.07 Å². The highest BCUT2D eigenvalue weighted by molar-refractivity contribution is 7.98. The van der Waals surface area contributed by atoms with Gasteiger partial charge in [0, 0.05) is 19.1 Å². The minimum atomic E-state index is -3.83. The number of piperidine rings is 1. The van der Waals surface area contributed by atoms with E-state index < -0.39 is 27.9 Å². The SMILES string of the molecule is CSCC[C@H](N)C(=O)N1CCCC(NS(=O)(=O)c2cccc(F)c2)C1.Cl. The summed E-state index contributed by atoms with van der Waals surface area (Å²) in [7, 11) is -3.83. The summed E-state index contributed by atoms with van der Waals surface area (Å²) in [6, 6.07) is 3.90. The van der Waals surface area contributed by atoms with Gasteiger partial charge >= 0.3 is 0 Å². The largest absolute Gasteiger partial charge is 0.340 e. The van der Waals surface area contributed by atoms with Crippen LogP contribution in [0.2, 0.25) is 0 Å². The Bertz CT molecular complexity index is 706. The Morgan fingerprint density at radius 2 is 2.23 bits per heavy atom. The van der Waals surface area contributed by atoms with Crippen molar-refractivity contribution in [2.45, 2.75) is 36.2 Å². The molecule has 6 nitrogen and oxygen atoms in total. The molecule has 1 heterocycles. The van der Waals surface area contributed by atoms with Crippen molar-refractivity contribution in [3.8, 4) is 0 Å². The van der Waals surface area contributed by atoms with Crippen molar-refractivity contribution in [3.63, 3.8) is 0 Å². The van der Waals surface area contributed by atoms with Gasteiger partial charge < -0.3 is 10.6 Å². The van der Waals surface area contributed by atoms with Gasteiger partial charge in [0.15, 0.2) is 0 Å². The second-order valence-electron chi connectivity index (χ2n) is 6.09. The van der Waals surface area contributed by atoms with Gasteiger partial charge in [-0.15, -0.1) is 12.4 Å². The van der Waals surface area contributed by atoms with Crippen LogP contribution in [0.4, 0.5) is 4.39 Å². The Morgan fingerprint density at radius 3 is 2.88 bits per heavy atom. The molecule has 0 bridgehead atoms. The predicted molar refractivity (Wildman–Crippen MR) is 105 cm³/mol. The van der Waals surface area contributed by atoms with Crippen LogP contribution >= 0.6 is 24.2 Å². The van der Waals surface area contributed by atoms with Crippen molar-refractivity contribution >= 4 is 40.1 Å². The van der Waals surface area contributed by atoms with E-state index in [-0.39, 0.29) is 29.8 Å². The molecule has 1 aromatic rings. The number of nitrogens with one attached hydrogen (secondary N) is 1. The molecule has 10 heteroatoms. The Hall–Kier alpha value is -0.870. The molecule has 0 saturated carbocycles. The Balaban J connectivity index is 0.00000338. The maximum absolute atomic E-state index is 13.3. The van der Waals surface area contributed by atoms with E-state index in [9.17, 15) is 17.6 Å². The van der Waals surface area contributed by atoms with E-state index in [1.807, 2.05) is 6.26 Å². The molecule has 2 atom stereocenters. The molecule has 1 amide bonds. The highest BCUT2D eigenvalue weighted by Crippen LogP contribution is 2.16. The number of hydrogen-bond acceptors (Lipinski definition) is 5. The maximum Gasteiger partial charge on any atom is 0.240 e. The Morgan fingerprint density at radius 1 is 1.50 bits per heavy atom. The molecule has 0 spiro atoms. The van der Waals surface area contributed by atoms with E-state index in [2.05, 4.69) is 4.72 Å². The van der Waals surface area contributed by atoms with Crippen LogP contribution in [0, 0.1) is 5.82 Å². The third-order valence-electron chi connectivity index (χ3n) is 4.11. The van der Waals surface area contributed by atoms with Crippen molar-refractivity contribution in [2.24, 2.45) is 5.73 Å². The lowest BCUT2D eigenvalue weighted by atomic mass is 10.1. The number of likely N-dealkylation sites (tertiary alicyclic amines) is 1. The van der Waals surface area contributed by atoms with Crippen molar-refractivity contribution in [1.82, 2.24) is 9.62 Å². The number of nitrogens with zero attached hydrogens (tertiary/aromatic N) is 1. The number of hydrogen-bond donors (Lipinski definition) is 2. The molecule has 0 radical (unpaired) electrons. The van der Waals surface area contributed by atoms with Gasteiger partial charge in [-0.05, 0) is 49.5 Å². The number of halogens is 2. The molecule has 1 aromatic carbocycles. The Labute approximate surface area is 164 Å². The number of carbonyl (C=O) groups excluding carboxylic acids is 1. The summed E-state index contributed by atoms with van der Waals surface area (Å²) in [6.45, 7) is 0.852. The predicted octanol–water partition coefficient (Wildman–Crippen LogP) is 1.60. The Kier molecular flexibility index (Phi) is 9.32. The molecule has 1 unspecified atom stereocenters. The van der Waals surface area contributed by atoms with Gasteiger partial charge in [0.1, 0.15) is 5.82 Å². The van der Waals surface area contributed by atoms with Gasteiger partial charge in [-0.3, -0.25) is 4.79 Å². The van der Waals surface area contributed by atoms with Gasteiger partial charge in [0.25, 0.3) is 0 Å². The quantitative estimate of drug-likeness (QED) is 0.692. The van der Waals surface area contributed by atoms with Crippen LogP contribution in [-0.2, 0) is 14.8 Å². The van der Waals surface area contributed by atoms with E-state index in [1.54, 1.807) is 16.7 Å². The standard InChI is InChI=1S/C16H24FN3O3S2.ClH/c1-24-9-7-15(18)16(21)20-8-3-5-13(11-20)19-25(22,23)14-6-2-4-12(17)10-14;/h2,4,6,10,13,15,19H,3,5,7-9,11,18H2,1H3;1H/t13?,15-;/m0./s1. The number of rotatable bonds is 7. The molecule has 0 aromatic heterocycles. The minimum absolute atomic E-state index is 0. The second-order valence-corrected chi connectivity index (χ2v) is 8.79. The molecule has 3 N–H and O–H groups in total. The smallest absolute Gasteiger partial charge is 0.240 e. The summed E-state index contributed by atoms with van der Waals surface area (Å²) < 4.78 is 40.6. The summed E-state index contributed by atoms with van der Waals surface area (Å²) in [6.07, 6.45) is 3.86. The molecule has 1 fully saturated rings. The van der Waals surface area contributed by atoms with E-state index >= 15 is 0 Å². The van der Waals surface area contributed by atoms with Crippen molar-refractivity contribution < 1.29 is 17.6 Å². The van der Waals surface area contributed by atoms with E-state index in [0.29, 0.717) is 25.8 Å². The average molecular weight is 426 g/mol. The minimum Gasteiger partial charge on any atom is -0.340 e. The lowest BCUT2D eigenvalue weighted by Gasteiger charge is -2.34. The first-order valence-electron chi connectivity index (χ1n) is 8.14. The average Bonchev–Trinajstić information content (AvgIpc) is 2.59. The van der Waals surface area contributed by atoms with Crippen molar-refractivity contribution in [2.75, 3.05) is 25.1 Å². The van der Waals surface area contributed by atoms with Crippen LogP contribution in [0.15, 0.2) is 29.2 Å².